The average Bonchev–Trinajstić information content (AvgIpc) is 2.59. The third-order valence-corrected chi connectivity index (χ3v) is 4.15. The highest BCUT2D eigenvalue weighted by Gasteiger charge is 2.40. The molecule has 1 fully saturated rings. The normalized spacial score (nSPS) is 31.0. The summed E-state index contributed by atoms with van der Waals surface area (Å²) in [5.41, 5.74) is 0.401. The molecule has 1 aliphatic heterocycles. The summed E-state index contributed by atoms with van der Waals surface area (Å²) >= 11 is 1.94. The van der Waals surface area contributed by atoms with E-state index in [1.54, 1.807) is 0 Å². The summed E-state index contributed by atoms with van der Waals surface area (Å²) in [5.74, 6) is 1.25. The minimum absolute atomic E-state index is 0.401. The lowest BCUT2D eigenvalue weighted by Gasteiger charge is -2.32. The van der Waals surface area contributed by atoms with Gasteiger partial charge in [0.15, 0.2) is 0 Å². The Morgan fingerprint density at radius 2 is 2.33 bits per heavy atom. The van der Waals surface area contributed by atoms with Crippen LogP contribution in [0.3, 0.4) is 0 Å². The van der Waals surface area contributed by atoms with Crippen LogP contribution in [0.5, 0.6) is 0 Å². The highest BCUT2D eigenvalue weighted by molar-refractivity contribution is 7.98. The monoisotopic (exact) mass is 231 g/mol. The summed E-state index contributed by atoms with van der Waals surface area (Å²) in [7, 11) is 0. The molecule has 0 radical (unpaired) electrons. The zero-order chi connectivity index (χ0) is 11.1. The van der Waals surface area contributed by atoms with Crippen molar-refractivity contribution in [2.24, 2.45) is 5.41 Å². The van der Waals surface area contributed by atoms with Crippen LogP contribution in [-0.2, 0) is 4.74 Å². The van der Waals surface area contributed by atoms with Crippen molar-refractivity contribution in [2.75, 3.05) is 31.7 Å². The SMILES string of the molecule is CCCNCC1(CCSC)CCOC1C. The summed E-state index contributed by atoms with van der Waals surface area (Å²) in [5, 5.41) is 3.57. The average molecular weight is 231 g/mol. The first kappa shape index (κ1) is 13.3. The van der Waals surface area contributed by atoms with Crippen LogP contribution in [0.25, 0.3) is 0 Å². The molecule has 1 saturated heterocycles. The van der Waals surface area contributed by atoms with E-state index in [9.17, 15) is 0 Å². The van der Waals surface area contributed by atoms with Gasteiger partial charge in [-0.15, -0.1) is 0 Å². The van der Waals surface area contributed by atoms with Gasteiger partial charge in [-0.05, 0) is 44.7 Å². The maximum Gasteiger partial charge on any atom is 0.0616 e. The molecule has 1 aliphatic rings. The molecule has 2 nitrogen and oxygen atoms in total. The van der Waals surface area contributed by atoms with Crippen LogP contribution in [0.2, 0.25) is 0 Å². The Bertz CT molecular complexity index is 177. The lowest BCUT2D eigenvalue weighted by atomic mass is 9.79. The Balaban J connectivity index is 2.44. The number of nitrogens with one attached hydrogen (secondary N) is 1. The van der Waals surface area contributed by atoms with Gasteiger partial charge >= 0.3 is 0 Å². The molecule has 1 rings (SSSR count). The fourth-order valence-corrected chi connectivity index (χ4v) is 2.90. The molecular weight excluding hydrogens is 206 g/mol. The van der Waals surface area contributed by atoms with E-state index < -0.39 is 0 Å². The topological polar surface area (TPSA) is 21.3 Å². The Morgan fingerprint density at radius 1 is 1.53 bits per heavy atom. The number of hydrogen-bond acceptors (Lipinski definition) is 3. The van der Waals surface area contributed by atoms with Crippen molar-refractivity contribution in [3.05, 3.63) is 0 Å². The summed E-state index contributed by atoms with van der Waals surface area (Å²) in [6.45, 7) is 7.66. The zero-order valence-electron chi connectivity index (χ0n) is 10.3. The van der Waals surface area contributed by atoms with Gasteiger partial charge in [0.25, 0.3) is 0 Å². The van der Waals surface area contributed by atoms with Gasteiger partial charge < -0.3 is 10.1 Å². The van der Waals surface area contributed by atoms with Gasteiger partial charge in [0.05, 0.1) is 6.10 Å². The third-order valence-electron chi connectivity index (χ3n) is 3.54. The van der Waals surface area contributed by atoms with Gasteiger partial charge in [0, 0.05) is 18.6 Å². The lowest BCUT2D eigenvalue weighted by Crippen LogP contribution is -2.40. The highest BCUT2D eigenvalue weighted by atomic mass is 32.2. The second kappa shape index (κ2) is 6.77. The molecule has 0 saturated carbocycles. The summed E-state index contributed by atoms with van der Waals surface area (Å²) in [6, 6.07) is 0. The Kier molecular flexibility index (Phi) is 6.02. The molecule has 90 valence electrons. The fourth-order valence-electron chi connectivity index (χ4n) is 2.29. The van der Waals surface area contributed by atoms with Gasteiger partial charge in [-0.2, -0.15) is 11.8 Å². The van der Waals surface area contributed by atoms with Crippen molar-refractivity contribution < 1.29 is 4.74 Å². The zero-order valence-corrected chi connectivity index (χ0v) is 11.2. The molecule has 0 bridgehead atoms. The molecular formula is C12H25NOS. The van der Waals surface area contributed by atoms with E-state index in [1.165, 1.54) is 25.0 Å². The van der Waals surface area contributed by atoms with E-state index in [-0.39, 0.29) is 0 Å². The molecule has 0 aromatic carbocycles. The van der Waals surface area contributed by atoms with Gasteiger partial charge in [0.2, 0.25) is 0 Å². The predicted octanol–water partition coefficient (Wildman–Crippen LogP) is 2.53. The molecule has 2 atom stereocenters. The molecule has 1 heterocycles. The van der Waals surface area contributed by atoms with E-state index >= 15 is 0 Å². The van der Waals surface area contributed by atoms with Gasteiger partial charge in [-0.3, -0.25) is 0 Å². The molecule has 0 spiro atoms. The summed E-state index contributed by atoms with van der Waals surface area (Å²) < 4.78 is 5.75. The van der Waals surface area contributed by atoms with Crippen LogP contribution in [0.1, 0.15) is 33.1 Å². The standard InChI is InChI=1S/C12H25NOS/c1-4-7-13-10-12(6-9-15-3)5-8-14-11(12)2/h11,13H,4-10H2,1-3H3. The highest BCUT2D eigenvalue weighted by Crippen LogP contribution is 2.38. The van der Waals surface area contributed by atoms with Crippen molar-refractivity contribution in [1.29, 1.82) is 0 Å². The smallest absolute Gasteiger partial charge is 0.0616 e. The number of thioether (sulfide) groups is 1. The molecule has 0 aromatic rings. The molecule has 3 heteroatoms. The Hall–Kier alpha value is 0.270. The van der Waals surface area contributed by atoms with Crippen molar-refractivity contribution in [2.45, 2.75) is 39.2 Å². The first-order valence-electron chi connectivity index (χ1n) is 6.06. The maximum absolute atomic E-state index is 5.75. The minimum Gasteiger partial charge on any atom is -0.378 e. The van der Waals surface area contributed by atoms with Gasteiger partial charge in [-0.1, -0.05) is 6.92 Å². The van der Waals surface area contributed by atoms with Crippen molar-refractivity contribution in [1.82, 2.24) is 5.32 Å². The first-order valence-corrected chi connectivity index (χ1v) is 7.46. The summed E-state index contributed by atoms with van der Waals surface area (Å²) in [4.78, 5) is 0. The second-order valence-corrected chi connectivity index (χ2v) is 5.53. The van der Waals surface area contributed by atoms with Crippen LogP contribution in [0.15, 0.2) is 0 Å². The molecule has 15 heavy (non-hydrogen) atoms. The maximum atomic E-state index is 5.75. The number of ether oxygens (including phenoxy) is 1. The van der Waals surface area contributed by atoms with Crippen LogP contribution in [0, 0.1) is 5.41 Å². The van der Waals surface area contributed by atoms with E-state index in [2.05, 4.69) is 25.4 Å². The predicted molar refractivity (Wildman–Crippen MR) is 68.6 cm³/mol. The van der Waals surface area contributed by atoms with Crippen LogP contribution < -0.4 is 5.32 Å². The molecule has 0 amide bonds. The molecule has 1 N–H and O–H groups in total. The van der Waals surface area contributed by atoms with Crippen molar-refractivity contribution >= 4 is 11.8 Å². The van der Waals surface area contributed by atoms with Crippen molar-refractivity contribution in [3.8, 4) is 0 Å². The van der Waals surface area contributed by atoms with Crippen LogP contribution in [-0.4, -0.2) is 37.8 Å². The largest absolute Gasteiger partial charge is 0.378 e. The van der Waals surface area contributed by atoms with Gasteiger partial charge in [-0.25, -0.2) is 0 Å². The molecule has 0 aromatic heterocycles. The Morgan fingerprint density at radius 3 is 2.87 bits per heavy atom. The number of hydrogen-bond donors (Lipinski definition) is 1. The lowest BCUT2D eigenvalue weighted by molar-refractivity contribution is 0.0617. The summed E-state index contributed by atoms with van der Waals surface area (Å²) in [6.07, 6.45) is 6.34. The quantitative estimate of drug-likeness (QED) is 0.680. The van der Waals surface area contributed by atoms with E-state index in [4.69, 9.17) is 4.74 Å². The van der Waals surface area contributed by atoms with E-state index in [1.807, 2.05) is 11.8 Å². The Labute approximate surface area is 98.5 Å². The van der Waals surface area contributed by atoms with Crippen LogP contribution >= 0.6 is 11.8 Å². The fraction of sp³-hybridized carbons (Fsp3) is 1.00. The third kappa shape index (κ3) is 3.65. The molecule has 2 unspecified atom stereocenters. The van der Waals surface area contributed by atoms with E-state index in [0.717, 1.165) is 19.7 Å². The van der Waals surface area contributed by atoms with E-state index in [0.29, 0.717) is 11.5 Å². The van der Waals surface area contributed by atoms with Crippen molar-refractivity contribution in [3.63, 3.8) is 0 Å². The van der Waals surface area contributed by atoms with Crippen LogP contribution in [0.4, 0.5) is 0 Å². The number of rotatable bonds is 7. The van der Waals surface area contributed by atoms with Gasteiger partial charge in [0.1, 0.15) is 0 Å². The molecule has 0 aliphatic carbocycles. The second-order valence-electron chi connectivity index (χ2n) is 4.54. The minimum atomic E-state index is 0.401. The first-order chi connectivity index (χ1) is 7.25.